The maximum atomic E-state index is 16.8. The zero-order valence-electron chi connectivity index (χ0n) is 24.0. The van der Waals surface area contributed by atoms with Crippen molar-refractivity contribution in [3.05, 3.63) is 16.7 Å². The highest BCUT2D eigenvalue weighted by Crippen LogP contribution is 2.71. The molecular formula is C23H33FN5O12P. The normalized spacial score (nSPS) is 27.6. The van der Waals surface area contributed by atoms with Crippen LogP contribution in [0.3, 0.4) is 0 Å². The Balaban J connectivity index is 1.63. The van der Waals surface area contributed by atoms with Crippen molar-refractivity contribution in [3.63, 3.8) is 0 Å². The molecule has 1 aliphatic heterocycles. The number of halogens is 1. The van der Waals surface area contributed by atoms with E-state index in [0.29, 0.717) is 4.57 Å². The molecule has 234 valence electrons. The number of nitrogens with two attached hydrogens (primary N) is 1. The molecule has 19 heteroatoms. The molecule has 1 saturated carbocycles. The Labute approximate surface area is 238 Å². The van der Waals surface area contributed by atoms with Crippen LogP contribution in [0.5, 0.6) is 0 Å². The van der Waals surface area contributed by atoms with Gasteiger partial charge in [0.15, 0.2) is 17.3 Å². The number of aromatic amines is 1. The minimum absolute atomic E-state index is 0.295. The smallest absolute Gasteiger partial charge is 0.437 e. The van der Waals surface area contributed by atoms with Gasteiger partial charge in [-0.1, -0.05) is 0 Å². The molecule has 17 nitrogen and oxygen atoms in total. The summed E-state index contributed by atoms with van der Waals surface area (Å²) in [5, 5.41) is 11.6. The van der Waals surface area contributed by atoms with Crippen molar-refractivity contribution >= 4 is 36.9 Å². The second kappa shape index (κ2) is 10.3. The molecule has 4 rings (SSSR count). The first-order valence-corrected chi connectivity index (χ1v) is 14.0. The van der Waals surface area contributed by atoms with Gasteiger partial charge in [-0.2, -0.15) is 4.98 Å². The van der Waals surface area contributed by atoms with E-state index in [-0.39, 0.29) is 17.1 Å². The van der Waals surface area contributed by atoms with Crippen LogP contribution in [0.4, 0.5) is 10.3 Å². The summed E-state index contributed by atoms with van der Waals surface area (Å²) in [7, 11) is -3.87. The number of fused-ring (bicyclic) bond motifs is 2. The van der Waals surface area contributed by atoms with Crippen LogP contribution in [0.1, 0.15) is 41.5 Å². The van der Waals surface area contributed by atoms with E-state index in [2.05, 4.69) is 15.0 Å². The Morgan fingerprint density at radius 2 is 1.74 bits per heavy atom. The van der Waals surface area contributed by atoms with Crippen molar-refractivity contribution in [2.75, 3.05) is 33.0 Å². The summed E-state index contributed by atoms with van der Waals surface area (Å²) in [6.07, 6.45) is -1.02. The third-order valence-corrected chi connectivity index (χ3v) is 7.92. The lowest BCUT2D eigenvalue weighted by Gasteiger charge is -2.28. The molecular weight excluding hydrogens is 588 g/mol. The number of ether oxygens (including phenoxy) is 4. The summed E-state index contributed by atoms with van der Waals surface area (Å²) in [5.74, 6) is -7.06. The van der Waals surface area contributed by atoms with Gasteiger partial charge in [0.2, 0.25) is 36.7 Å². The fraction of sp³-hybridized carbons (Fsp3) is 0.696. The van der Waals surface area contributed by atoms with Crippen molar-refractivity contribution in [1.29, 1.82) is 0 Å². The van der Waals surface area contributed by atoms with E-state index in [9.17, 15) is 24.1 Å². The molecule has 3 heterocycles. The molecule has 4 N–H and O–H groups in total. The quantitative estimate of drug-likeness (QED) is 0.191. The van der Waals surface area contributed by atoms with Crippen LogP contribution in [0, 0.1) is 10.8 Å². The number of hydrogen-bond acceptors (Lipinski definition) is 15. The first-order chi connectivity index (χ1) is 19.3. The molecule has 0 aromatic carbocycles. The zero-order valence-corrected chi connectivity index (χ0v) is 24.9. The number of nitrogens with zero attached hydrogens (tertiary/aromatic N) is 3. The molecule has 0 bridgehead atoms. The molecule has 0 spiro atoms. The molecule has 2 fully saturated rings. The predicted octanol–water partition coefficient (Wildman–Crippen LogP) is 1.06. The lowest BCUT2D eigenvalue weighted by molar-refractivity contribution is -0.171. The first-order valence-electron chi connectivity index (χ1n) is 12.5. The largest absolute Gasteiger partial charge is 0.481 e. The number of phosphoric ester groups is 1. The number of nitrogen functional groups attached to an aromatic ring is 1. The fourth-order valence-corrected chi connectivity index (χ4v) is 5.31. The number of hydrogen-bond donors (Lipinski definition) is 3. The van der Waals surface area contributed by atoms with E-state index in [0.717, 1.165) is 13.4 Å². The summed E-state index contributed by atoms with van der Waals surface area (Å²) in [6.45, 7) is 6.61. The molecule has 0 radical (unpaired) electrons. The van der Waals surface area contributed by atoms with Crippen LogP contribution in [0.2, 0.25) is 0 Å². The molecule has 0 amide bonds. The van der Waals surface area contributed by atoms with Crippen molar-refractivity contribution in [2.24, 2.45) is 10.8 Å². The van der Waals surface area contributed by atoms with Crippen molar-refractivity contribution in [2.45, 2.75) is 64.8 Å². The van der Waals surface area contributed by atoms with Gasteiger partial charge >= 0.3 is 19.8 Å². The van der Waals surface area contributed by atoms with E-state index < -0.39 is 79.6 Å². The lowest BCUT2D eigenvalue weighted by Crippen LogP contribution is -2.47. The van der Waals surface area contributed by atoms with Crippen LogP contribution in [-0.2, 0) is 52.5 Å². The van der Waals surface area contributed by atoms with Gasteiger partial charge in [-0.05, 0) is 41.5 Å². The Kier molecular flexibility index (Phi) is 7.85. The summed E-state index contributed by atoms with van der Waals surface area (Å²) in [5.41, 5.74) is -0.452. The third-order valence-electron chi connectivity index (χ3n) is 6.61. The molecule has 1 saturated heterocycles. The van der Waals surface area contributed by atoms with Crippen LogP contribution in [-0.4, -0.2) is 81.4 Å². The standard InChI is InChI=1S/C23H33FN5O12P/c1-19(2,3)16(31)36-10-39-42(34,40-11-37-17(32)20(4,5)6)41-15-22(33)21(24,8-38-23(15,22)35-7)29-9-26-12-13(29)27-18(25)28-14(12)30/h9,15,33H,8,10-11H2,1-7H3,(H3,25,27,28,30)/t15?,21-,22-,23+/m0/s1. The van der Waals surface area contributed by atoms with Crippen LogP contribution < -0.4 is 11.3 Å². The molecule has 1 aliphatic carbocycles. The summed E-state index contributed by atoms with van der Waals surface area (Å²) in [6, 6.07) is 0. The van der Waals surface area contributed by atoms with Gasteiger partial charge in [0.05, 0.1) is 10.8 Å². The molecule has 2 aliphatic rings. The number of anilines is 1. The van der Waals surface area contributed by atoms with E-state index in [4.69, 9.17) is 38.3 Å². The number of carbonyl (C=O) groups excluding carboxylic acids is 2. The minimum Gasteiger partial charge on any atom is -0.437 e. The number of phosphoric acid groups is 1. The first kappa shape index (κ1) is 31.9. The predicted molar refractivity (Wildman–Crippen MR) is 138 cm³/mol. The van der Waals surface area contributed by atoms with Gasteiger partial charge < -0.3 is 29.8 Å². The Morgan fingerprint density at radius 3 is 2.24 bits per heavy atom. The SMILES string of the molecule is CO[C@]12OC[C@](F)(n3cnc4c(=O)[nH]c(N)nc43)[C@@]1(O)C2OP(=O)(OCOC(=O)C(C)(C)C)OCOC(=O)C(C)(C)C. The number of carbonyl (C=O) groups is 2. The van der Waals surface area contributed by atoms with E-state index in [1.165, 1.54) is 0 Å². The van der Waals surface area contributed by atoms with E-state index >= 15 is 4.39 Å². The molecule has 42 heavy (non-hydrogen) atoms. The van der Waals surface area contributed by atoms with Crippen LogP contribution in [0.25, 0.3) is 11.2 Å². The number of esters is 2. The number of alkyl halides is 1. The van der Waals surface area contributed by atoms with E-state index in [1.807, 2.05) is 0 Å². The third kappa shape index (κ3) is 5.10. The van der Waals surface area contributed by atoms with Crippen molar-refractivity contribution in [1.82, 2.24) is 19.5 Å². The van der Waals surface area contributed by atoms with Gasteiger partial charge in [-0.25, -0.2) is 23.0 Å². The van der Waals surface area contributed by atoms with Crippen molar-refractivity contribution in [3.8, 4) is 0 Å². The summed E-state index contributed by atoms with van der Waals surface area (Å²) < 4.78 is 67.5. The second-order valence-electron chi connectivity index (χ2n) is 11.7. The summed E-state index contributed by atoms with van der Waals surface area (Å²) in [4.78, 5) is 46.5. The van der Waals surface area contributed by atoms with Gasteiger partial charge in [0.1, 0.15) is 12.9 Å². The van der Waals surface area contributed by atoms with Crippen LogP contribution >= 0.6 is 7.82 Å². The van der Waals surface area contributed by atoms with Gasteiger partial charge in [-0.15, -0.1) is 0 Å². The average Bonchev–Trinajstić information content (AvgIpc) is 3.12. The monoisotopic (exact) mass is 621 g/mol. The number of rotatable bonds is 10. The molecule has 2 aromatic heterocycles. The second-order valence-corrected chi connectivity index (χ2v) is 13.3. The number of imidazole rings is 1. The maximum absolute atomic E-state index is 16.8. The number of methoxy groups -OCH3 is 1. The number of H-pyrrole nitrogens is 1. The van der Waals surface area contributed by atoms with Gasteiger partial charge in [0, 0.05) is 7.11 Å². The molecule has 2 aromatic rings. The topological polar surface area (TPSA) is 226 Å². The Bertz CT molecular complexity index is 1470. The average molecular weight is 622 g/mol. The van der Waals surface area contributed by atoms with Crippen LogP contribution in [0.15, 0.2) is 11.1 Å². The highest BCUT2D eigenvalue weighted by Gasteiger charge is 2.95. The number of aromatic nitrogens is 4. The van der Waals surface area contributed by atoms with Crippen molar-refractivity contribution < 1.29 is 56.2 Å². The lowest BCUT2D eigenvalue weighted by atomic mass is 9.98. The Morgan fingerprint density at radius 1 is 1.19 bits per heavy atom. The minimum atomic E-state index is -4.94. The molecule has 1 unspecified atom stereocenters. The number of aliphatic hydroxyl groups is 1. The fourth-order valence-electron chi connectivity index (χ4n) is 4.20. The van der Waals surface area contributed by atoms with Gasteiger partial charge in [-0.3, -0.25) is 28.5 Å². The number of nitrogens with one attached hydrogen (secondary N) is 1. The molecule has 4 atom stereocenters. The van der Waals surface area contributed by atoms with Gasteiger partial charge in [0.25, 0.3) is 5.56 Å². The summed E-state index contributed by atoms with van der Waals surface area (Å²) >= 11 is 0. The Hall–Kier alpha value is -2.99. The highest BCUT2D eigenvalue weighted by molar-refractivity contribution is 7.48. The zero-order chi connectivity index (χ0) is 31.5. The van der Waals surface area contributed by atoms with E-state index in [1.54, 1.807) is 41.5 Å². The maximum Gasteiger partial charge on any atom is 0.481 e. The highest BCUT2D eigenvalue weighted by atomic mass is 31.2.